The van der Waals surface area contributed by atoms with Crippen molar-refractivity contribution in [3.63, 3.8) is 0 Å². The molecular formula is C37H43NO9. The Labute approximate surface area is 275 Å². The molecule has 0 spiro atoms. The summed E-state index contributed by atoms with van der Waals surface area (Å²) in [6.45, 7) is 4.62. The SMILES string of the molecule is COc1ccc(C(O)C(C)Oc2ccc(C3(c4ccc(OC(C)C(O)c5ccc(OC)c(OC)c5)cc4)CNCO3)cc2)cc1OC. The summed E-state index contributed by atoms with van der Waals surface area (Å²) >= 11 is 0. The van der Waals surface area contributed by atoms with Gasteiger partial charge in [-0.05, 0) is 84.6 Å². The molecule has 1 fully saturated rings. The van der Waals surface area contributed by atoms with Gasteiger partial charge in [0.05, 0.1) is 35.2 Å². The van der Waals surface area contributed by atoms with Crippen LogP contribution in [0.5, 0.6) is 34.5 Å². The molecule has 4 unspecified atom stereocenters. The maximum absolute atomic E-state index is 11.0. The quantitative estimate of drug-likeness (QED) is 0.161. The van der Waals surface area contributed by atoms with E-state index < -0.39 is 30.0 Å². The molecule has 3 N–H and O–H groups in total. The topological polar surface area (TPSA) is 117 Å². The van der Waals surface area contributed by atoms with E-state index in [0.29, 0.717) is 58.9 Å². The largest absolute Gasteiger partial charge is 0.493 e. The Morgan fingerprint density at radius 3 is 1.34 bits per heavy atom. The Morgan fingerprint density at radius 2 is 1.00 bits per heavy atom. The van der Waals surface area contributed by atoms with E-state index in [1.807, 2.05) is 62.4 Å². The van der Waals surface area contributed by atoms with Crippen molar-refractivity contribution < 1.29 is 43.4 Å². The number of methoxy groups -OCH3 is 4. The van der Waals surface area contributed by atoms with E-state index in [9.17, 15) is 10.2 Å². The molecule has 1 aliphatic heterocycles. The molecule has 0 amide bonds. The first-order valence-electron chi connectivity index (χ1n) is 15.4. The monoisotopic (exact) mass is 645 g/mol. The van der Waals surface area contributed by atoms with Crippen LogP contribution in [0.25, 0.3) is 0 Å². The molecule has 1 heterocycles. The van der Waals surface area contributed by atoms with Gasteiger partial charge in [-0.1, -0.05) is 36.4 Å². The van der Waals surface area contributed by atoms with Crippen LogP contribution in [0.15, 0.2) is 84.9 Å². The summed E-state index contributed by atoms with van der Waals surface area (Å²) in [7, 11) is 6.26. The van der Waals surface area contributed by atoms with Crippen LogP contribution in [0, 0.1) is 0 Å². The molecule has 47 heavy (non-hydrogen) atoms. The van der Waals surface area contributed by atoms with Gasteiger partial charge in [-0.3, -0.25) is 5.32 Å². The van der Waals surface area contributed by atoms with Crippen LogP contribution in [0.1, 0.15) is 48.3 Å². The maximum atomic E-state index is 11.0. The number of hydrogen-bond acceptors (Lipinski definition) is 10. The van der Waals surface area contributed by atoms with Crippen LogP contribution in [0.2, 0.25) is 0 Å². The number of rotatable bonds is 14. The van der Waals surface area contributed by atoms with E-state index in [1.54, 1.807) is 64.8 Å². The van der Waals surface area contributed by atoms with Crippen LogP contribution in [-0.4, -0.2) is 64.1 Å². The molecular weight excluding hydrogens is 602 g/mol. The number of aliphatic hydroxyl groups is 2. The maximum Gasteiger partial charge on any atom is 0.161 e. The van der Waals surface area contributed by atoms with E-state index >= 15 is 0 Å². The first-order valence-corrected chi connectivity index (χ1v) is 15.4. The fourth-order valence-corrected chi connectivity index (χ4v) is 5.77. The Kier molecular flexibility index (Phi) is 10.8. The van der Waals surface area contributed by atoms with Crippen molar-refractivity contribution in [1.29, 1.82) is 0 Å². The predicted molar refractivity (Wildman–Crippen MR) is 177 cm³/mol. The Morgan fingerprint density at radius 1 is 0.596 bits per heavy atom. The second kappa shape index (κ2) is 15.0. The van der Waals surface area contributed by atoms with E-state index in [2.05, 4.69) is 5.32 Å². The highest BCUT2D eigenvalue weighted by Gasteiger charge is 2.39. The molecule has 4 aromatic carbocycles. The highest BCUT2D eigenvalue weighted by Crippen LogP contribution is 2.38. The lowest BCUT2D eigenvalue weighted by Gasteiger charge is -2.29. The lowest BCUT2D eigenvalue weighted by molar-refractivity contribution is 0.0401. The van der Waals surface area contributed by atoms with E-state index in [1.165, 1.54) is 0 Å². The lowest BCUT2D eigenvalue weighted by atomic mass is 9.86. The molecule has 10 nitrogen and oxygen atoms in total. The number of benzene rings is 4. The van der Waals surface area contributed by atoms with Crippen LogP contribution >= 0.6 is 0 Å². The highest BCUT2D eigenvalue weighted by atomic mass is 16.5. The molecule has 250 valence electrons. The van der Waals surface area contributed by atoms with Gasteiger partial charge in [0, 0.05) is 6.54 Å². The summed E-state index contributed by atoms with van der Waals surface area (Å²) in [6, 6.07) is 26.0. The third-order valence-electron chi connectivity index (χ3n) is 8.47. The summed E-state index contributed by atoms with van der Waals surface area (Å²) in [5, 5.41) is 25.3. The van der Waals surface area contributed by atoms with Gasteiger partial charge >= 0.3 is 0 Å². The van der Waals surface area contributed by atoms with Gasteiger partial charge in [0.2, 0.25) is 0 Å². The fourth-order valence-electron chi connectivity index (χ4n) is 5.77. The first-order chi connectivity index (χ1) is 22.7. The summed E-state index contributed by atoms with van der Waals surface area (Å²) in [5.74, 6) is 3.49. The third kappa shape index (κ3) is 7.26. The normalized spacial score (nSPS) is 18.5. The summed E-state index contributed by atoms with van der Waals surface area (Å²) in [6.07, 6.45) is -2.83. The predicted octanol–water partition coefficient (Wildman–Crippen LogP) is 5.54. The summed E-state index contributed by atoms with van der Waals surface area (Å²) in [5.41, 5.74) is 2.51. The minimum absolute atomic E-state index is 0.402. The zero-order valence-electron chi connectivity index (χ0n) is 27.6. The molecule has 10 heteroatoms. The van der Waals surface area contributed by atoms with Gasteiger partial charge in [-0.2, -0.15) is 0 Å². The number of aliphatic hydroxyl groups excluding tert-OH is 2. The molecule has 4 aromatic rings. The fraction of sp³-hybridized carbons (Fsp3) is 0.351. The lowest BCUT2D eigenvalue weighted by Crippen LogP contribution is -2.32. The standard InChI is InChI=1S/C37H43NO9/c1-23(35(39)25-7-17-31(41-3)33(19-25)43-5)46-29-13-9-27(10-14-29)37(21-38-22-45-37)28-11-15-30(16-12-28)47-24(2)36(40)26-8-18-32(42-4)34(20-26)44-6/h7-20,23-24,35-36,38-40H,21-22H2,1-6H3. The van der Waals surface area contributed by atoms with Crippen molar-refractivity contribution in [2.75, 3.05) is 41.7 Å². The van der Waals surface area contributed by atoms with Crippen molar-refractivity contribution in [3.8, 4) is 34.5 Å². The minimum Gasteiger partial charge on any atom is -0.493 e. The first kappa shape index (κ1) is 33.9. The number of nitrogens with one attached hydrogen (secondary N) is 1. The van der Waals surface area contributed by atoms with Crippen molar-refractivity contribution in [3.05, 3.63) is 107 Å². The minimum atomic E-state index is -0.883. The van der Waals surface area contributed by atoms with Crippen molar-refractivity contribution >= 4 is 0 Å². The van der Waals surface area contributed by atoms with Gasteiger partial charge in [-0.25, -0.2) is 0 Å². The number of hydrogen-bond donors (Lipinski definition) is 3. The molecule has 0 bridgehead atoms. The van der Waals surface area contributed by atoms with Crippen LogP contribution < -0.4 is 33.7 Å². The van der Waals surface area contributed by atoms with Crippen LogP contribution in [-0.2, 0) is 10.3 Å². The highest BCUT2D eigenvalue weighted by molar-refractivity contribution is 5.46. The van der Waals surface area contributed by atoms with Gasteiger partial charge in [0.15, 0.2) is 23.0 Å². The van der Waals surface area contributed by atoms with Gasteiger partial charge in [0.1, 0.15) is 41.5 Å². The Hall–Kier alpha value is -4.48. The van der Waals surface area contributed by atoms with Crippen molar-refractivity contribution in [1.82, 2.24) is 5.32 Å². The molecule has 0 radical (unpaired) electrons. The van der Waals surface area contributed by atoms with Crippen molar-refractivity contribution in [2.24, 2.45) is 0 Å². The average molecular weight is 646 g/mol. The molecule has 1 aliphatic rings. The van der Waals surface area contributed by atoms with Crippen molar-refractivity contribution in [2.45, 2.75) is 43.9 Å². The van der Waals surface area contributed by atoms with E-state index in [0.717, 1.165) is 11.1 Å². The molecule has 4 atom stereocenters. The number of ether oxygens (including phenoxy) is 7. The van der Waals surface area contributed by atoms with Gasteiger partial charge in [-0.15, -0.1) is 0 Å². The van der Waals surface area contributed by atoms with E-state index in [4.69, 9.17) is 33.2 Å². The third-order valence-corrected chi connectivity index (χ3v) is 8.47. The van der Waals surface area contributed by atoms with Crippen LogP contribution in [0.4, 0.5) is 0 Å². The molecule has 1 saturated heterocycles. The second-order valence-corrected chi connectivity index (χ2v) is 11.4. The molecule has 0 aromatic heterocycles. The smallest absolute Gasteiger partial charge is 0.161 e. The van der Waals surface area contributed by atoms with Gasteiger partial charge < -0.3 is 43.4 Å². The van der Waals surface area contributed by atoms with Crippen LogP contribution in [0.3, 0.4) is 0 Å². The summed E-state index contributed by atoms with van der Waals surface area (Å²) < 4.78 is 39.9. The zero-order valence-corrected chi connectivity index (χ0v) is 27.6. The Balaban J connectivity index is 1.26. The zero-order chi connectivity index (χ0) is 33.6. The molecule has 0 saturated carbocycles. The molecule has 0 aliphatic carbocycles. The summed E-state index contributed by atoms with van der Waals surface area (Å²) in [4.78, 5) is 0. The average Bonchev–Trinajstić information content (AvgIpc) is 3.62. The van der Waals surface area contributed by atoms with Gasteiger partial charge in [0.25, 0.3) is 0 Å². The van der Waals surface area contributed by atoms with E-state index in [-0.39, 0.29) is 0 Å². The Bertz CT molecular complexity index is 1490. The molecule has 5 rings (SSSR count). The second-order valence-electron chi connectivity index (χ2n) is 11.4.